The van der Waals surface area contributed by atoms with Gasteiger partial charge < -0.3 is 5.32 Å². The van der Waals surface area contributed by atoms with E-state index in [9.17, 15) is 36.0 Å². The first-order valence-electron chi connectivity index (χ1n) is 9.95. The average Bonchev–Trinajstić information content (AvgIpc) is 3.44. The summed E-state index contributed by atoms with van der Waals surface area (Å²) in [5.41, 5.74) is -1.55. The SMILES string of the molecule is N#CC1(NC(=O)[C@H](CS(=O)(=O)CC2CC2)N[C@@H](c2ccc(F)cc2)C(F)(F)F)CCC1. The largest absolute Gasteiger partial charge is 0.407 e. The molecule has 0 unspecified atom stereocenters. The molecule has 0 aliphatic heterocycles. The number of amides is 1. The number of nitrogens with zero attached hydrogens (tertiary/aromatic N) is 1. The van der Waals surface area contributed by atoms with Crippen molar-refractivity contribution in [2.24, 2.45) is 5.92 Å². The van der Waals surface area contributed by atoms with Gasteiger partial charge in [0.15, 0.2) is 9.84 Å². The van der Waals surface area contributed by atoms with Crippen molar-refractivity contribution in [2.75, 3.05) is 11.5 Å². The van der Waals surface area contributed by atoms with Crippen LogP contribution in [0.25, 0.3) is 0 Å². The molecule has 2 fully saturated rings. The molecule has 0 spiro atoms. The molecule has 2 N–H and O–H groups in total. The van der Waals surface area contributed by atoms with Gasteiger partial charge in [-0.05, 0) is 55.7 Å². The van der Waals surface area contributed by atoms with Gasteiger partial charge >= 0.3 is 6.18 Å². The average molecular weight is 461 g/mol. The number of nitriles is 1. The summed E-state index contributed by atoms with van der Waals surface area (Å²) < 4.78 is 79.5. The van der Waals surface area contributed by atoms with Gasteiger partial charge in [-0.1, -0.05) is 12.1 Å². The topological polar surface area (TPSA) is 99.1 Å². The highest BCUT2D eigenvalue weighted by atomic mass is 32.2. The summed E-state index contributed by atoms with van der Waals surface area (Å²) in [5, 5.41) is 13.9. The lowest BCUT2D eigenvalue weighted by atomic mass is 9.78. The highest BCUT2D eigenvalue weighted by Gasteiger charge is 2.46. The van der Waals surface area contributed by atoms with Crippen LogP contribution in [-0.4, -0.2) is 43.6 Å². The van der Waals surface area contributed by atoms with Crippen LogP contribution in [0.4, 0.5) is 17.6 Å². The maximum Gasteiger partial charge on any atom is 0.407 e. The number of halogens is 4. The summed E-state index contributed by atoms with van der Waals surface area (Å²) >= 11 is 0. The van der Waals surface area contributed by atoms with Crippen LogP contribution in [-0.2, 0) is 14.6 Å². The van der Waals surface area contributed by atoms with E-state index in [-0.39, 0.29) is 17.2 Å². The quantitative estimate of drug-likeness (QED) is 0.551. The van der Waals surface area contributed by atoms with Gasteiger partial charge in [0.2, 0.25) is 5.91 Å². The van der Waals surface area contributed by atoms with Crippen LogP contribution in [0.3, 0.4) is 0 Å². The van der Waals surface area contributed by atoms with Crippen LogP contribution in [0.1, 0.15) is 43.7 Å². The molecule has 6 nitrogen and oxygen atoms in total. The van der Waals surface area contributed by atoms with Gasteiger partial charge in [0, 0.05) is 0 Å². The highest BCUT2D eigenvalue weighted by Crippen LogP contribution is 2.35. The van der Waals surface area contributed by atoms with Gasteiger partial charge in [0.1, 0.15) is 23.4 Å². The molecule has 0 radical (unpaired) electrons. The van der Waals surface area contributed by atoms with Crippen molar-refractivity contribution >= 4 is 15.7 Å². The van der Waals surface area contributed by atoms with E-state index in [4.69, 9.17) is 0 Å². The molecule has 31 heavy (non-hydrogen) atoms. The molecule has 0 heterocycles. The van der Waals surface area contributed by atoms with Crippen LogP contribution in [0.2, 0.25) is 0 Å². The molecule has 11 heteroatoms. The molecule has 170 valence electrons. The lowest BCUT2D eigenvalue weighted by Crippen LogP contribution is -2.60. The molecular formula is C20H23F4N3O3S. The first-order valence-corrected chi connectivity index (χ1v) is 11.8. The van der Waals surface area contributed by atoms with E-state index in [1.165, 1.54) is 0 Å². The Kier molecular flexibility index (Phi) is 6.62. The maximum absolute atomic E-state index is 13.8. The second kappa shape index (κ2) is 8.74. The fraction of sp³-hybridized carbons (Fsp3) is 0.600. The van der Waals surface area contributed by atoms with Gasteiger partial charge in [-0.15, -0.1) is 0 Å². The van der Waals surface area contributed by atoms with Crippen molar-refractivity contribution in [1.29, 1.82) is 5.26 Å². The van der Waals surface area contributed by atoms with Gasteiger partial charge in [-0.25, -0.2) is 12.8 Å². The molecule has 1 amide bonds. The molecule has 1 aromatic carbocycles. The number of hydrogen-bond acceptors (Lipinski definition) is 5. The predicted molar refractivity (Wildman–Crippen MR) is 104 cm³/mol. The van der Waals surface area contributed by atoms with Crippen LogP contribution in [0, 0.1) is 23.1 Å². The summed E-state index contributed by atoms with van der Waals surface area (Å²) in [6, 6.07) is 1.40. The number of alkyl halides is 3. The normalized spacial score (nSPS) is 20.2. The lowest BCUT2D eigenvalue weighted by molar-refractivity contribution is -0.160. The molecule has 2 saturated carbocycles. The number of rotatable bonds is 9. The Morgan fingerprint density at radius 3 is 2.29 bits per heavy atom. The minimum Gasteiger partial charge on any atom is -0.336 e. The van der Waals surface area contributed by atoms with Gasteiger partial charge in [0.05, 0.1) is 17.6 Å². The monoisotopic (exact) mass is 461 g/mol. The van der Waals surface area contributed by atoms with Crippen molar-refractivity contribution in [1.82, 2.24) is 10.6 Å². The van der Waals surface area contributed by atoms with Crippen molar-refractivity contribution < 1.29 is 30.8 Å². The molecule has 2 aliphatic carbocycles. The Morgan fingerprint density at radius 1 is 1.23 bits per heavy atom. The lowest BCUT2D eigenvalue weighted by Gasteiger charge is -2.37. The predicted octanol–water partition coefficient (Wildman–Crippen LogP) is 2.77. The van der Waals surface area contributed by atoms with E-state index in [1.54, 1.807) is 0 Å². The smallest absolute Gasteiger partial charge is 0.336 e. The van der Waals surface area contributed by atoms with Gasteiger partial charge in [0.25, 0.3) is 0 Å². The number of nitrogens with one attached hydrogen (secondary N) is 2. The summed E-state index contributed by atoms with van der Waals surface area (Å²) in [6.45, 7) is 0. The van der Waals surface area contributed by atoms with Crippen LogP contribution < -0.4 is 10.6 Å². The third kappa shape index (κ3) is 6.17. The van der Waals surface area contributed by atoms with E-state index in [2.05, 4.69) is 10.6 Å². The van der Waals surface area contributed by atoms with E-state index in [0.29, 0.717) is 19.3 Å². The fourth-order valence-corrected chi connectivity index (χ4v) is 5.46. The first kappa shape index (κ1) is 23.5. The molecule has 1 aromatic rings. The zero-order valence-electron chi connectivity index (χ0n) is 16.6. The van der Waals surface area contributed by atoms with E-state index >= 15 is 0 Å². The number of sulfone groups is 1. The molecule has 3 rings (SSSR count). The zero-order valence-corrected chi connectivity index (χ0v) is 17.4. The third-order valence-electron chi connectivity index (χ3n) is 5.61. The third-order valence-corrected chi connectivity index (χ3v) is 7.43. The summed E-state index contributed by atoms with van der Waals surface area (Å²) in [5.74, 6) is -2.77. The highest BCUT2D eigenvalue weighted by molar-refractivity contribution is 7.91. The Bertz CT molecular complexity index is 949. The molecule has 0 saturated heterocycles. The minimum atomic E-state index is -4.88. The summed E-state index contributed by atoms with van der Waals surface area (Å²) in [4.78, 5) is 12.8. The number of hydrogen-bond donors (Lipinski definition) is 2. The Labute approximate surface area is 177 Å². The van der Waals surface area contributed by atoms with Crippen molar-refractivity contribution in [3.63, 3.8) is 0 Å². The van der Waals surface area contributed by atoms with E-state index < -0.39 is 51.1 Å². The second-order valence-corrected chi connectivity index (χ2v) is 10.5. The molecule has 2 atom stereocenters. The number of carbonyl (C=O) groups excluding carboxylic acids is 1. The van der Waals surface area contributed by atoms with Gasteiger partial charge in [-0.3, -0.25) is 10.1 Å². The fourth-order valence-electron chi connectivity index (χ4n) is 3.52. The zero-order chi connectivity index (χ0) is 22.9. The Morgan fingerprint density at radius 2 is 1.84 bits per heavy atom. The van der Waals surface area contributed by atoms with E-state index in [1.807, 2.05) is 6.07 Å². The standard InChI is InChI=1S/C20H23F4N3O3S/c21-15-6-4-14(5-7-15)17(20(22,23)24)26-16(11-31(29,30)10-13-2-3-13)18(28)27-19(12-25)8-1-9-19/h4-7,13,16-17,26H,1-3,8-11H2,(H,27,28)/t16-,17-/m0/s1. The molecular weight excluding hydrogens is 438 g/mol. The van der Waals surface area contributed by atoms with Crippen molar-refractivity contribution in [3.8, 4) is 6.07 Å². The number of carbonyl (C=O) groups is 1. The van der Waals surface area contributed by atoms with Crippen LogP contribution in [0.5, 0.6) is 0 Å². The van der Waals surface area contributed by atoms with Gasteiger partial charge in [-0.2, -0.15) is 18.4 Å². The van der Waals surface area contributed by atoms with E-state index in [0.717, 1.165) is 37.1 Å². The minimum absolute atomic E-state index is 0.0405. The van der Waals surface area contributed by atoms with Crippen LogP contribution >= 0.6 is 0 Å². The Hall–Kier alpha value is -2.19. The Balaban J connectivity index is 1.86. The van der Waals surface area contributed by atoms with Crippen LogP contribution in [0.15, 0.2) is 24.3 Å². The van der Waals surface area contributed by atoms with Crippen molar-refractivity contribution in [3.05, 3.63) is 35.6 Å². The summed E-state index contributed by atoms with van der Waals surface area (Å²) in [7, 11) is -3.83. The maximum atomic E-state index is 13.8. The second-order valence-electron chi connectivity index (χ2n) is 8.30. The summed E-state index contributed by atoms with van der Waals surface area (Å²) in [6.07, 6.45) is -2.06. The van der Waals surface area contributed by atoms with Crippen molar-refractivity contribution in [2.45, 2.75) is 55.9 Å². The molecule has 0 bridgehead atoms. The first-order chi connectivity index (χ1) is 14.4. The molecule has 0 aromatic heterocycles. The number of benzene rings is 1. The molecule has 2 aliphatic rings.